The van der Waals surface area contributed by atoms with Gasteiger partial charge >= 0.3 is 0 Å². The molecular weight excluding hydrogens is 244 g/mol. The second kappa shape index (κ2) is 5.99. The predicted molar refractivity (Wildman–Crippen MR) is 73.0 cm³/mol. The fraction of sp³-hybridized carbons (Fsp3) is 0.538. The van der Waals surface area contributed by atoms with Gasteiger partial charge < -0.3 is 20.7 Å². The number of nitrogens with two attached hydrogens (primary N) is 1. The minimum atomic E-state index is -0.144. The third kappa shape index (κ3) is 3.90. The highest BCUT2D eigenvalue weighted by Gasteiger charge is 2.18. The van der Waals surface area contributed by atoms with Crippen LogP contribution < -0.4 is 11.1 Å². The van der Waals surface area contributed by atoms with Crippen molar-refractivity contribution in [1.29, 1.82) is 0 Å². The van der Waals surface area contributed by atoms with Crippen molar-refractivity contribution in [3.8, 4) is 0 Å². The van der Waals surface area contributed by atoms with Gasteiger partial charge in [-0.2, -0.15) is 0 Å². The summed E-state index contributed by atoms with van der Waals surface area (Å²) in [5.74, 6) is 0.216. The van der Waals surface area contributed by atoms with Crippen molar-refractivity contribution in [2.45, 2.75) is 13.0 Å². The zero-order valence-corrected chi connectivity index (χ0v) is 11.3. The first-order chi connectivity index (χ1) is 9.04. The Labute approximate surface area is 112 Å². The molecule has 1 unspecified atom stereocenters. The second-order valence-corrected chi connectivity index (χ2v) is 4.89. The van der Waals surface area contributed by atoms with Gasteiger partial charge in [0.15, 0.2) is 0 Å². The minimum Gasteiger partial charge on any atom is -0.384 e. The second-order valence-electron chi connectivity index (χ2n) is 4.89. The Morgan fingerprint density at radius 3 is 3.11 bits per heavy atom. The fourth-order valence-electron chi connectivity index (χ4n) is 2.12. The maximum Gasteiger partial charge on any atom is 0.251 e. The van der Waals surface area contributed by atoms with Gasteiger partial charge in [0.05, 0.1) is 12.7 Å². The van der Waals surface area contributed by atoms with E-state index in [1.165, 1.54) is 0 Å². The van der Waals surface area contributed by atoms with Crippen LogP contribution in [-0.4, -0.2) is 55.2 Å². The van der Waals surface area contributed by atoms with Crippen LogP contribution in [0.5, 0.6) is 0 Å². The van der Waals surface area contributed by atoms with Crippen molar-refractivity contribution in [2.75, 3.05) is 39.0 Å². The molecule has 2 rings (SSSR count). The number of ether oxygens (including phenoxy) is 1. The molecule has 2 heterocycles. The maximum atomic E-state index is 12.0. The van der Waals surface area contributed by atoms with Crippen molar-refractivity contribution >= 4 is 11.7 Å². The molecule has 1 fully saturated rings. The smallest absolute Gasteiger partial charge is 0.251 e. The molecule has 6 nitrogen and oxygen atoms in total. The number of carbonyl (C=O) groups is 1. The lowest BCUT2D eigenvalue weighted by molar-refractivity contribution is -0.0175. The first kappa shape index (κ1) is 13.8. The number of amides is 1. The number of nitrogens with zero attached hydrogens (tertiary/aromatic N) is 2. The summed E-state index contributed by atoms with van der Waals surface area (Å²) < 4.78 is 5.59. The number of pyridine rings is 1. The van der Waals surface area contributed by atoms with Crippen molar-refractivity contribution in [2.24, 2.45) is 0 Å². The Morgan fingerprint density at radius 2 is 2.42 bits per heavy atom. The normalized spacial score (nSPS) is 20.2. The zero-order valence-electron chi connectivity index (χ0n) is 11.3. The Morgan fingerprint density at radius 1 is 1.63 bits per heavy atom. The van der Waals surface area contributed by atoms with E-state index in [9.17, 15) is 4.79 Å². The Bertz CT molecular complexity index is 444. The standard InChI is InChI=1S/C13H20N4O2/c1-9-5-10(6-12(14)16-9)13(18)15-7-11-8-17(2)3-4-19-11/h5-6,11H,3-4,7-8H2,1-2H3,(H2,14,16)(H,15,18). The number of hydrogen-bond donors (Lipinski definition) is 2. The molecule has 1 aromatic rings. The number of rotatable bonds is 3. The Hall–Kier alpha value is -1.66. The quantitative estimate of drug-likeness (QED) is 0.805. The molecule has 1 saturated heterocycles. The van der Waals surface area contributed by atoms with E-state index in [1.807, 2.05) is 14.0 Å². The van der Waals surface area contributed by atoms with E-state index in [1.54, 1.807) is 12.1 Å². The lowest BCUT2D eigenvalue weighted by Crippen LogP contribution is -2.45. The van der Waals surface area contributed by atoms with Crippen LogP contribution in [0, 0.1) is 6.92 Å². The number of aromatic nitrogens is 1. The third-order valence-corrected chi connectivity index (χ3v) is 3.07. The van der Waals surface area contributed by atoms with Gasteiger partial charge in [0, 0.05) is 30.9 Å². The van der Waals surface area contributed by atoms with Gasteiger partial charge in [0.1, 0.15) is 5.82 Å². The average Bonchev–Trinajstić information content (AvgIpc) is 2.35. The van der Waals surface area contributed by atoms with Crippen LogP contribution in [-0.2, 0) is 4.74 Å². The highest BCUT2D eigenvalue weighted by molar-refractivity contribution is 5.94. The number of nitrogens with one attached hydrogen (secondary N) is 1. The van der Waals surface area contributed by atoms with Crippen LogP contribution in [0.25, 0.3) is 0 Å². The predicted octanol–water partition coefficient (Wildman–Crippen LogP) is 0.0326. The summed E-state index contributed by atoms with van der Waals surface area (Å²) >= 11 is 0. The van der Waals surface area contributed by atoms with E-state index >= 15 is 0 Å². The van der Waals surface area contributed by atoms with Gasteiger partial charge in [-0.3, -0.25) is 4.79 Å². The third-order valence-electron chi connectivity index (χ3n) is 3.07. The molecule has 0 saturated carbocycles. The van der Waals surface area contributed by atoms with Crippen LogP contribution in [0.4, 0.5) is 5.82 Å². The van der Waals surface area contributed by atoms with Crippen molar-refractivity contribution in [3.05, 3.63) is 23.4 Å². The van der Waals surface area contributed by atoms with Crippen LogP contribution in [0.1, 0.15) is 16.1 Å². The first-order valence-electron chi connectivity index (χ1n) is 6.37. The first-order valence-corrected chi connectivity index (χ1v) is 6.37. The van der Waals surface area contributed by atoms with E-state index < -0.39 is 0 Å². The molecule has 19 heavy (non-hydrogen) atoms. The molecule has 0 bridgehead atoms. The molecule has 3 N–H and O–H groups in total. The van der Waals surface area contributed by atoms with Gasteiger partial charge in [-0.1, -0.05) is 0 Å². The van der Waals surface area contributed by atoms with E-state index in [2.05, 4.69) is 15.2 Å². The van der Waals surface area contributed by atoms with E-state index in [0.29, 0.717) is 24.5 Å². The van der Waals surface area contributed by atoms with Crippen LogP contribution in [0.15, 0.2) is 12.1 Å². The van der Waals surface area contributed by atoms with E-state index in [0.717, 1.165) is 18.8 Å². The number of hydrogen-bond acceptors (Lipinski definition) is 5. The molecule has 0 spiro atoms. The van der Waals surface area contributed by atoms with E-state index in [4.69, 9.17) is 10.5 Å². The molecule has 1 aliphatic heterocycles. The molecular formula is C13H20N4O2. The van der Waals surface area contributed by atoms with Gasteiger partial charge in [0.25, 0.3) is 5.91 Å². The average molecular weight is 264 g/mol. The number of anilines is 1. The van der Waals surface area contributed by atoms with Gasteiger partial charge in [0.2, 0.25) is 0 Å². The largest absolute Gasteiger partial charge is 0.384 e. The van der Waals surface area contributed by atoms with Crippen molar-refractivity contribution in [3.63, 3.8) is 0 Å². The van der Waals surface area contributed by atoms with Crippen molar-refractivity contribution < 1.29 is 9.53 Å². The van der Waals surface area contributed by atoms with Crippen molar-refractivity contribution in [1.82, 2.24) is 15.2 Å². The summed E-state index contributed by atoms with van der Waals surface area (Å²) in [5, 5.41) is 2.87. The van der Waals surface area contributed by atoms with Gasteiger partial charge in [-0.05, 0) is 26.1 Å². The highest BCUT2D eigenvalue weighted by Crippen LogP contribution is 2.07. The molecule has 1 amide bonds. The topological polar surface area (TPSA) is 80.5 Å². The number of aryl methyl sites for hydroxylation is 1. The van der Waals surface area contributed by atoms with Crippen LogP contribution >= 0.6 is 0 Å². The van der Waals surface area contributed by atoms with E-state index in [-0.39, 0.29) is 12.0 Å². The number of nitrogen functional groups attached to an aromatic ring is 1. The summed E-state index contributed by atoms with van der Waals surface area (Å²) in [6.45, 7) is 4.79. The van der Waals surface area contributed by atoms with Crippen LogP contribution in [0.3, 0.4) is 0 Å². The summed E-state index contributed by atoms with van der Waals surface area (Å²) in [4.78, 5) is 18.2. The molecule has 0 radical (unpaired) electrons. The number of morpholine rings is 1. The molecule has 1 aromatic heterocycles. The van der Waals surface area contributed by atoms with Gasteiger partial charge in [-0.25, -0.2) is 4.98 Å². The lowest BCUT2D eigenvalue weighted by atomic mass is 10.2. The lowest BCUT2D eigenvalue weighted by Gasteiger charge is -2.30. The SMILES string of the molecule is Cc1cc(C(=O)NCC2CN(C)CCO2)cc(N)n1. The molecule has 1 aliphatic rings. The monoisotopic (exact) mass is 264 g/mol. The molecule has 1 atom stereocenters. The molecule has 0 aliphatic carbocycles. The summed E-state index contributed by atoms with van der Waals surface area (Å²) in [5.41, 5.74) is 6.90. The molecule has 104 valence electrons. The Kier molecular flexibility index (Phi) is 4.34. The number of carbonyl (C=O) groups excluding carboxylic acids is 1. The molecule has 0 aromatic carbocycles. The minimum absolute atomic E-state index is 0.0444. The summed E-state index contributed by atoms with van der Waals surface area (Å²) in [7, 11) is 2.05. The van der Waals surface area contributed by atoms with Crippen LogP contribution in [0.2, 0.25) is 0 Å². The zero-order chi connectivity index (χ0) is 13.8. The summed E-state index contributed by atoms with van der Waals surface area (Å²) in [6, 6.07) is 3.30. The maximum absolute atomic E-state index is 12.0. The highest BCUT2D eigenvalue weighted by atomic mass is 16.5. The Balaban J connectivity index is 1.90. The summed E-state index contributed by atoms with van der Waals surface area (Å²) in [6.07, 6.45) is 0.0444. The number of likely N-dealkylation sites (N-methyl/N-ethyl adjacent to an activating group) is 1. The molecule has 6 heteroatoms. The fourth-order valence-corrected chi connectivity index (χ4v) is 2.12. The van der Waals surface area contributed by atoms with Gasteiger partial charge in [-0.15, -0.1) is 0 Å².